The van der Waals surface area contributed by atoms with E-state index < -0.39 is 0 Å². The lowest BCUT2D eigenvalue weighted by Crippen LogP contribution is -1.94. The summed E-state index contributed by atoms with van der Waals surface area (Å²) in [5.74, 6) is 0. The molecular weight excluding hydrogens is 298 g/mol. The summed E-state index contributed by atoms with van der Waals surface area (Å²) in [6, 6.07) is 12.0. The molecule has 0 amide bonds. The highest BCUT2D eigenvalue weighted by atomic mass is 15.3. The van der Waals surface area contributed by atoms with E-state index in [4.69, 9.17) is 10.8 Å². The second-order valence-corrected chi connectivity index (χ2v) is 5.95. The highest BCUT2D eigenvalue weighted by Gasteiger charge is 2.16. The first-order valence-electron chi connectivity index (χ1n) is 8.04. The number of aryl methyl sites for hydroxylation is 2. The monoisotopic (exact) mass is 317 g/mol. The molecule has 4 aromatic rings. The van der Waals surface area contributed by atoms with Gasteiger partial charge in [-0.15, -0.1) is 0 Å². The van der Waals surface area contributed by atoms with Crippen LogP contribution in [-0.2, 0) is 6.54 Å². The lowest BCUT2D eigenvalue weighted by molar-refractivity contribution is 0.662. The average molecular weight is 317 g/mol. The van der Waals surface area contributed by atoms with Gasteiger partial charge in [-0.05, 0) is 43.7 Å². The molecule has 0 saturated heterocycles. The zero-order valence-electron chi connectivity index (χ0n) is 13.7. The molecule has 5 nitrogen and oxygen atoms in total. The van der Waals surface area contributed by atoms with Crippen molar-refractivity contribution in [2.75, 3.05) is 5.73 Å². The van der Waals surface area contributed by atoms with Crippen molar-refractivity contribution in [2.24, 2.45) is 0 Å². The molecule has 0 radical (unpaired) electrons. The summed E-state index contributed by atoms with van der Waals surface area (Å²) in [6.07, 6.45) is 3.93. The predicted molar refractivity (Wildman–Crippen MR) is 97.6 cm³/mol. The lowest BCUT2D eigenvalue weighted by Gasteiger charge is -2.05. The Bertz CT molecular complexity index is 1030. The van der Waals surface area contributed by atoms with Gasteiger partial charge >= 0.3 is 0 Å². The number of benzene rings is 1. The molecule has 0 unspecified atom stereocenters. The van der Waals surface area contributed by atoms with E-state index in [9.17, 15) is 0 Å². The summed E-state index contributed by atoms with van der Waals surface area (Å²) in [5, 5.41) is 5.87. The van der Waals surface area contributed by atoms with Crippen molar-refractivity contribution in [3.05, 3.63) is 54.5 Å². The summed E-state index contributed by atoms with van der Waals surface area (Å²) in [5.41, 5.74) is 12.9. The Morgan fingerprint density at radius 1 is 1.17 bits per heavy atom. The molecule has 0 bridgehead atoms. The Kier molecular flexibility index (Phi) is 3.34. The predicted octanol–water partition coefficient (Wildman–Crippen LogP) is 4.00. The van der Waals surface area contributed by atoms with Crippen LogP contribution in [0.4, 0.5) is 5.69 Å². The molecule has 0 saturated carbocycles. The molecule has 0 aliphatic rings. The second kappa shape index (κ2) is 5.53. The molecular formula is C19H19N5. The SMILES string of the molecule is CCn1cc(-c2ccnc3[nH]c(C)cc23)c(-c2cccc(N)c2)n1. The topological polar surface area (TPSA) is 72.5 Å². The number of nitrogens with zero attached hydrogens (tertiary/aromatic N) is 3. The number of nitrogen functional groups attached to an aromatic ring is 1. The van der Waals surface area contributed by atoms with Gasteiger partial charge in [0.1, 0.15) is 11.3 Å². The third kappa shape index (κ3) is 2.34. The van der Waals surface area contributed by atoms with E-state index in [2.05, 4.69) is 29.2 Å². The molecule has 120 valence electrons. The van der Waals surface area contributed by atoms with Crippen LogP contribution in [-0.4, -0.2) is 19.7 Å². The molecule has 24 heavy (non-hydrogen) atoms. The zero-order chi connectivity index (χ0) is 16.7. The third-order valence-electron chi connectivity index (χ3n) is 4.20. The molecule has 3 heterocycles. The fourth-order valence-electron chi connectivity index (χ4n) is 3.07. The fraction of sp³-hybridized carbons (Fsp3) is 0.158. The van der Waals surface area contributed by atoms with E-state index in [-0.39, 0.29) is 0 Å². The number of anilines is 1. The van der Waals surface area contributed by atoms with Gasteiger partial charge in [0.2, 0.25) is 0 Å². The largest absolute Gasteiger partial charge is 0.399 e. The van der Waals surface area contributed by atoms with Crippen LogP contribution in [0.3, 0.4) is 0 Å². The number of aromatic nitrogens is 4. The molecule has 0 fully saturated rings. The van der Waals surface area contributed by atoms with Gasteiger partial charge in [-0.1, -0.05) is 12.1 Å². The van der Waals surface area contributed by atoms with Crippen LogP contribution in [0.25, 0.3) is 33.4 Å². The van der Waals surface area contributed by atoms with Crippen molar-refractivity contribution in [3.8, 4) is 22.4 Å². The smallest absolute Gasteiger partial charge is 0.138 e. The van der Waals surface area contributed by atoms with Gasteiger partial charge in [0.05, 0.1) is 0 Å². The third-order valence-corrected chi connectivity index (χ3v) is 4.20. The maximum atomic E-state index is 5.97. The van der Waals surface area contributed by atoms with Crippen molar-refractivity contribution >= 4 is 16.7 Å². The number of rotatable bonds is 3. The van der Waals surface area contributed by atoms with Crippen molar-refractivity contribution in [1.82, 2.24) is 19.7 Å². The van der Waals surface area contributed by atoms with Gasteiger partial charge < -0.3 is 10.7 Å². The number of hydrogen-bond donors (Lipinski definition) is 2. The molecule has 0 atom stereocenters. The van der Waals surface area contributed by atoms with E-state index in [0.29, 0.717) is 0 Å². The minimum absolute atomic E-state index is 0.738. The summed E-state index contributed by atoms with van der Waals surface area (Å²) < 4.78 is 1.96. The van der Waals surface area contributed by atoms with E-state index in [0.717, 1.165) is 51.3 Å². The van der Waals surface area contributed by atoms with Crippen LogP contribution in [0.15, 0.2) is 48.8 Å². The first-order valence-corrected chi connectivity index (χ1v) is 8.04. The van der Waals surface area contributed by atoms with E-state index in [1.54, 1.807) is 0 Å². The van der Waals surface area contributed by atoms with Crippen LogP contribution in [0.5, 0.6) is 0 Å². The first-order chi connectivity index (χ1) is 11.7. The number of fused-ring (bicyclic) bond motifs is 1. The van der Waals surface area contributed by atoms with Gasteiger partial charge in [-0.25, -0.2) is 4.98 Å². The summed E-state index contributed by atoms with van der Waals surface area (Å²) in [4.78, 5) is 7.73. The second-order valence-electron chi connectivity index (χ2n) is 5.95. The van der Waals surface area contributed by atoms with E-state index in [1.807, 2.05) is 48.1 Å². The van der Waals surface area contributed by atoms with Crippen LogP contribution in [0.2, 0.25) is 0 Å². The van der Waals surface area contributed by atoms with E-state index in [1.165, 1.54) is 0 Å². The highest BCUT2D eigenvalue weighted by Crippen LogP contribution is 2.35. The van der Waals surface area contributed by atoms with Crippen molar-refractivity contribution < 1.29 is 0 Å². The molecule has 3 aromatic heterocycles. The summed E-state index contributed by atoms with van der Waals surface area (Å²) >= 11 is 0. The Morgan fingerprint density at radius 3 is 2.83 bits per heavy atom. The molecule has 0 aliphatic heterocycles. The minimum atomic E-state index is 0.738. The van der Waals surface area contributed by atoms with Gasteiger partial charge in [0.15, 0.2) is 0 Å². The lowest BCUT2D eigenvalue weighted by atomic mass is 10.00. The molecule has 3 N–H and O–H groups in total. The minimum Gasteiger partial charge on any atom is -0.399 e. The number of nitrogens with one attached hydrogen (secondary N) is 1. The quantitative estimate of drug-likeness (QED) is 0.561. The van der Waals surface area contributed by atoms with Crippen LogP contribution >= 0.6 is 0 Å². The number of hydrogen-bond acceptors (Lipinski definition) is 3. The molecule has 1 aromatic carbocycles. The van der Waals surface area contributed by atoms with Gasteiger partial charge in [-0.2, -0.15) is 5.10 Å². The molecule has 5 heteroatoms. The zero-order valence-corrected chi connectivity index (χ0v) is 13.7. The number of H-pyrrole nitrogens is 1. The van der Waals surface area contributed by atoms with Crippen molar-refractivity contribution in [2.45, 2.75) is 20.4 Å². The number of nitrogens with two attached hydrogens (primary N) is 1. The van der Waals surface area contributed by atoms with Crippen molar-refractivity contribution in [3.63, 3.8) is 0 Å². The van der Waals surface area contributed by atoms with Crippen molar-refractivity contribution in [1.29, 1.82) is 0 Å². The summed E-state index contributed by atoms with van der Waals surface area (Å²) in [7, 11) is 0. The summed E-state index contributed by atoms with van der Waals surface area (Å²) in [6.45, 7) is 4.94. The van der Waals surface area contributed by atoms with E-state index >= 15 is 0 Å². The van der Waals surface area contributed by atoms with Crippen LogP contribution in [0, 0.1) is 6.92 Å². The van der Waals surface area contributed by atoms with Gasteiger partial charge in [0.25, 0.3) is 0 Å². The maximum Gasteiger partial charge on any atom is 0.138 e. The van der Waals surface area contributed by atoms with Gasteiger partial charge in [0, 0.05) is 46.8 Å². The Hall–Kier alpha value is -3.08. The average Bonchev–Trinajstić information content (AvgIpc) is 3.16. The van der Waals surface area contributed by atoms with Crippen LogP contribution in [0.1, 0.15) is 12.6 Å². The van der Waals surface area contributed by atoms with Gasteiger partial charge in [-0.3, -0.25) is 4.68 Å². The Balaban J connectivity index is 1.99. The van der Waals surface area contributed by atoms with Crippen LogP contribution < -0.4 is 5.73 Å². The molecule has 0 aliphatic carbocycles. The fourth-order valence-corrected chi connectivity index (χ4v) is 3.07. The first kappa shape index (κ1) is 14.5. The number of aromatic amines is 1. The molecule has 4 rings (SSSR count). The standard InChI is InChI=1S/C19H19N5/c1-3-24-11-17(18(23-24)13-5-4-6-14(20)10-13)15-7-8-21-19-16(15)9-12(2)22-19/h4-11H,3,20H2,1-2H3,(H,21,22). The number of pyridine rings is 1. The highest BCUT2D eigenvalue weighted by molar-refractivity contribution is 5.97. The normalized spacial score (nSPS) is 11.2. The Morgan fingerprint density at radius 2 is 2.04 bits per heavy atom. The Labute approximate surface area is 140 Å². The molecule has 0 spiro atoms. The maximum absolute atomic E-state index is 5.97.